The lowest BCUT2D eigenvalue weighted by molar-refractivity contribution is 0.188. The highest BCUT2D eigenvalue weighted by atomic mass is 19.1. The summed E-state index contributed by atoms with van der Waals surface area (Å²) in [6.07, 6.45) is 7.43. The molecule has 0 amide bonds. The first-order valence-corrected chi connectivity index (χ1v) is 7.95. The average Bonchev–Trinajstić information content (AvgIpc) is 2.69. The molecule has 0 aromatic heterocycles. The Morgan fingerprint density at radius 1 is 1.35 bits per heavy atom. The van der Waals surface area contributed by atoms with Crippen molar-refractivity contribution in [1.29, 1.82) is 0 Å². The van der Waals surface area contributed by atoms with Gasteiger partial charge in [0.15, 0.2) is 0 Å². The molecule has 1 heterocycles. The van der Waals surface area contributed by atoms with Crippen molar-refractivity contribution in [3.63, 3.8) is 0 Å². The van der Waals surface area contributed by atoms with Gasteiger partial charge in [0.2, 0.25) is 0 Å². The minimum atomic E-state index is -0.195. The van der Waals surface area contributed by atoms with Crippen LogP contribution in [0.3, 0.4) is 0 Å². The first kappa shape index (κ1) is 15.5. The van der Waals surface area contributed by atoms with Crippen molar-refractivity contribution in [2.75, 3.05) is 13.1 Å². The van der Waals surface area contributed by atoms with Crippen LogP contribution in [-0.2, 0) is 0 Å². The number of nitrogens with zero attached hydrogens (tertiary/aromatic N) is 1. The molecule has 1 aromatic carbocycles. The molecule has 0 aliphatic carbocycles. The summed E-state index contributed by atoms with van der Waals surface area (Å²) in [7, 11) is 0. The number of hydrogen-bond donors (Lipinski definition) is 1. The van der Waals surface area contributed by atoms with Crippen LogP contribution < -0.4 is 5.73 Å². The fraction of sp³-hybridized carbons (Fsp3) is 0.647. The Morgan fingerprint density at radius 3 is 2.95 bits per heavy atom. The highest BCUT2D eigenvalue weighted by Gasteiger charge is 2.20. The molecule has 2 unspecified atom stereocenters. The summed E-state index contributed by atoms with van der Waals surface area (Å²) in [6, 6.07) is 7.34. The van der Waals surface area contributed by atoms with E-state index in [1.54, 1.807) is 12.1 Å². The zero-order chi connectivity index (χ0) is 14.4. The van der Waals surface area contributed by atoms with Gasteiger partial charge in [-0.1, -0.05) is 31.9 Å². The van der Waals surface area contributed by atoms with Crippen molar-refractivity contribution in [3.8, 4) is 0 Å². The average molecular weight is 278 g/mol. The summed E-state index contributed by atoms with van der Waals surface area (Å²) in [6.45, 7) is 4.49. The van der Waals surface area contributed by atoms with E-state index >= 15 is 0 Å². The predicted octanol–water partition coefficient (Wildman–Crippen LogP) is 3.87. The Morgan fingerprint density at radius 2 is 2.20 bits per heavy atom. The van der Waals surface area contributed by atoms with Gasteiger partial charge >= 0.3 is 0 Å². The standard InChI is InChI=1S/C17H27FN2/c1-2-16-9-4-3-5-11-20(16)12-10-17(19)14-7-6-8-15(18)13-14/h6-8,13,16-17H,2-5,9-12,19H2,1H3. The van der Waals surface area contributed by atoms with Crippen molar-refractivity contribution >= 4 is 0 Å². The molecule has 1 aliphatic rings. The van der Waals surface area contributed by atoms with Gasteiger partial charge in [-0.05, 0) is 49.9 Å². The van der Waals surface area contributed by atoms with E-state index in [4.69, 9.17) is 5.73 Å². The summed E-state index contributed by atoms with van der Waals surface area (Å²) in [5, 5.41) is 0. The first-order chi connectivity index (χ1) is 9.70. The van der Waals surface area contributed by atoms with Gasteiger partial charge in [-0.2, -0.15) is 0 Å². The van der Waals surface area contributed by atoms with Crippen molar-refractivity contribution in [3.05, 3.63) is 35.6 Å². The lowest BCUT2D eigenvalue weighted by atomic mass is 10.0. The Hall–Kier alpha value is -0.930. The van der Waals surface area contributed by atoms with E-state index in [2.05, 4.69) is 11.8 Å². The molecule has 3 heteroatoms. The molecule has 1 fully saturated rings. The van der Waals surface area contributed by atoms with Gasteiger partial charge in [0, 0.05) is 18.6 Å². The van der Waals surface area contributed by atoms with Crippen molar-refractivity contribution in [1.82, 2.24) is 4.90 Å². The third kappa shape index (κ3) is 4.29. The molecule has 2 rings (SSSR count). The molecule has 20 heavy (non-hydrogen) atoms. The maximum atomic E-state index is 13.2. The Labute approximate surface area is 122 Å². The number of rotatable bonds is 5. The van der Waals surface area contributed by atoms with E-state index in [9.17, 15) is 4.39 Å². The number of hydrogen-bond acceptors (Lipinski definition) is 2. The van der Waals surface area contributed by atoms with Crippen LogP contribution >= 0.6 is 0 Å². The predicted molar refractivity (Wildman–Crippen MR) is 82.1 cm³/mol. The Balaban J connectivity index is 1.89. The fourth-order valence-electron chi connectivity index (χ4n) is 3.20. The minimum Gasteiger partial charge on any atom is -0.324 e. The molecular formula is C17H27FN2. The van der Waals surface area contributed by atoms with Crippen LogP contribution in [0.1, 0.15) is 57.1 Å². The molecule has 0 bridgehead atoms. The van der Waals surface area contributed by atoms with Gasteiger partial charge in [0.05, 0.1) is 0 Å². The monoisotopic (exact) mass is 278 g/mol. The molecule has 0 spiro atoms. The zero-order valence-electron chi connectivity index (χ0n) is 12.5. The summed E-state index contributed by atoms with van der Waals surface area (Å²) in [4.78, 5) is 2.59. The quantitative estimate of drug-likeness (QED) is 0.886. The van der Waals surface area contributed by atoms with Gasteiger partial charge < -0.3 is 10.6 Å². The third-order valence-electron chi connectivity index (χ3n) is 4.47. The molecule has 1 aliphatic heterocycles. The normalized spacial score (nSPS) is 22.4. The van der Waals surface area contributed by atoms with E-state index in [0.717, 1.165) is 18.5 Å². The number of benzene rings is 1. The largest absolute Gasteiger partial charge is 0.324 e. The van der Waals surface area contributed by atoms with Crippen LogP contribution in [0.15, 0.2) is 24.3 Å². The van der Waals surface area contributed by atoms with E-state index < -0.39 is 0 Å². The molecule has 112 valence electrons. The number of halogens is 1. The van der Waals surface area contributed by atoms with E-state index in [1.807, 2.05) is 6.07 Å². The van der Waals surface area contributed by atoms with Crippen LogP contribution in [-0.4, -0.2) is 24.0 Å². The second-order valence-electron chi connectivity index (χ2n) is 5.90. The van der Waals surface area contributed by atoms with E-state index in [1.165, 1.54) is 44.7 Å². The van der Waals surface area contributed by atoms with Crippen molar-refractivity contribution in [2.45, 2.75) is 57.5 Å². The van der Waals surface area contributed by atoms with Gasteiger partial charge in [0.25, 0.3) is 0 Å². The van der Waals surface area contributed by atoms with Crippen LogP contribution in [0.5, 0.6) is 0 Å². The molecule has 2 N–H and O–H groups in total. The second kappa shape index (κ2) is 7.75. The molecular weight excluding hydrogens is 251 g/mol. The highest BCUT2D eigenvalue weighted by Crippen LogP contribution is 2.21. The summed E-state index contributed by atoms with van der Waals surface area (Å²) in [5.74, 6) is -0.195. The second-order valence-corrected chi connectivity index (χ2v) is 5.90. The van der Waals surface area contributed by atoms with E-state index in [0.29, 0.717) is 6.04 Å². The molecule has 0 radical (unpaired) electrons. The maximum absolute atomic E-state index is 13.2. The Kier molecular flexibility index (Phi) is 5.99. The van der Waals surface area contributed by atoms with Crippen LogP contribution in [0.4, 0.5) is 4.39 Å². The highest BCUT2D eigenvalue weighted by molar-refractivity contribution is 5.19. The van der Waals surface area contributed by atoms with Gasteiger partial charge in [-0.15, -0.1) is 0 Å². The lowest BCUT2D eigenvalue weighted by Gasteiger charge is -2.30. The molecule has 1 aromatic rings. The zero-order valence-corrected chi connectivity index (χ0v) is 12.5. The summed E-state index contributed by atoms with van der Waals surface area (Å²) >= 11 is 0. The molecule has 2 atom stereocenters. The minimum absolute atomic E-state index is 0.0635. The summed E-state index contributed by atoms with van der Waals surface area (Å²) < 4.78 is 13.2. The third-order valence-corrected chi connectivity index (χ3v) is 4.47. The lowest BCUT2D eigenvalue weighted by Crippen LogP contribution is -2.36. The van der Waals surface area contributed by atoms with Crippen LogP contribution in [0.25, 0.3) is 0 Å². The SMILES string of the molecule is CCC1CCCCCN1CCC(N)c1cccc(F)c1. The topological polar surface area (TPSA) is 29.3 Å². The molecule has 0 saturated carbocycles. The van der Waals surface area contributed by atoms with Crippen molar-refractivity contribution < 1.29 is 4.39 Å². The van der Waals surface area contributed by atoms with Crippen molar-refractivity contribution in [2.24, 2.45) is 5.73 Å². The maximum Gasteiger partial charge on any atom is 0.123 e. The van der Waals surface area contributed by atoms with Crippen LogP contribution in [0, 0.1) is 5.82 Å². The summed E-state index contributed by atoms with van der Waals surface area (Å²) in [5.41, 5.74) is 7.12. The smallest absolute Gasteiger partial charge is 0.123 e. The van der Waals surface area contributed by atoms with E-state index in [-0.39, 0.29) is 11.9 Å². The first-order valence-electron chi connectivity index (χ1n) is 7.95. The fourth-order valence-corrected chi connectivity index (χ4v) is 3.20. The molecule has 1 saturated heterocycles. The molecule has 2 nitrogen and oxygen atoms in total. The number of likely N-dealkylation sites (tertiary alicyclic amines) is 1. The Bertz CT molecular complexity index is 408. The van der Waals surface area contributed by atoms with Gasteiger partial charge in [0.1, 0.15) is 5.82 Å². The van der Waals surface area contributed by atoms with Gasteiger partial charge in [-0.3, -0.25) is 0 Å². The number of nitrogens with two attached hydrogens (primary N) is 1. The van der Waals surface area contributed by atoms with Gasteiger partial charge in [-0.25, -0.2) is 4.39 Å². The van der Waals surface area contributed by atoms with Crippen LogP contribution in [0.2, 0.25) is 0 Å².